The van der Waals surface area contributed by atoms with E-state index in [-0.39, 0.29) is 24.3 Å². The zero-order valence-electron chi connectivity index (χ0n) is 11.7. The van der Waals surface area contributed by atoms with Gasteiger partial charge in [-0.2, -0.15) is 0 Å². The van der Waals surface area contributed by atoms with E-state index in [1.54, 1.807) is 30.7 Å². The monoisotopic (exact) mass is 286 g/mol. The minimum Gasteiger partial charge on any atom is -0.462 e. The lowest BCUT2D eigenvalue weighted by atomic mass is 10.2. The number of aliphatic hydroxyl groups is 1. The molecule has 0 aliphatic heterocycles. The Bertz CT molecular complexity index is 812. The molecule has 2 aromatic rings. The Hall–Kier alpha value is -2.65. The highest BCUT2D eigenvalue weighted by Crippen LogP contribution is 2.10. The first kappa shape index (κ1) is 14.8. The molecule has 6 nitrogen and oxygen atoms in total. The van der Waals surface area contributed by atoms with Gasteiger partial charge in [0.1, 0.15) is 23.4 Å². The van der Waals surface area contributed by atoms with Crippen LogP contribution in [0.15, 0.2) is 23.1 Å². The molecule has 2 aromatic heterocycles. The summed E-state index contributed by atoms with van der Waals surface area (Å²) in [4.78, 5) is 28.3. The molecular weight excluding hydrogens is 272 g/mol. The third-order valence-electron chi connectivity index (χ3n) is 2.83. The van der Waals surface area contributed by atoms with Crippen LogP contribution in [-0.4, -0.2) is 33.8 Å². The van der Waals surface area contributed by atoms with Crippen molar-refractivity contribution in [2.45, 2.75) is 6.92 Å². The Kier molecular flexibility index (Phi) is 4.36. The fraction of sp³-hybridized carbons (Fsp3) is 0.267. The van der Waals surface area contributed by atoms with E-state index in [4.69, 9.17) is 9.84 Å². The summed E-state index contributed by atoms with van der Waals surface area (Å²) in [5.74, 6) is 4.42. The van der Waals surface area contributed by atoms with Crippen molar-refractivity contribution in [1.82, 2.24) is 9.55 Å². The molecule has 0 aliphatic rings. The van der Waals surface area contributed by atoms with Gasteiger partial charge >= 0.3 is 5.97 Å². The van der Waals surface area contributed by atoms with E-state index in [1.165, 1.54) is 6.20 Å². The number of hydrogen-bond donors (Lipinski definition) is 1. The van der Waals surface area contributed by atoms with E-state index >= 15 is 0 Å². The van der Waals surface area contributed by atoms with E-state index in [9.17, 15) is 9.59 Å². The number of fused-ring (bicyclic) bond motifs is 1. The number of rotatable bonds is 2. The van der Waals surface area contributed by atoms with Crippen molar-refractivity contribution in [1.29, 1.82) is 0 Å². The number of hydrogen-bond acceptors (Lipinski definition) is 5. The molecule has 0 bridgehead atoms. The van der Waals surface area contributed by atoms with E-state index < -0.39 is 11.4 Å². The highest BCUT2D eigenvalue weighted by atomic mass is 16.5. The molecule has 2 rings (SSSR count). The maximum Gasteiger partial charge on any atom is 0.343 e. The van der Waals surface area contributed by atoms with Crippen LogP contribution in [0.2, 0.25) is 0 Å². The summed E-state index contributed by atoms with van der Waals surface area (Å²) in [7, 11) is 1.71. The summed E-state index contributed by atoms with van der Waals surface area (Å²) in [5, 5.41) is 8.69. The van der Waals surface area contributed by atoms with Gasteiger partial charge in [0.05, 0.1) is 12.1 Å². The van der Waals surface area contributed by atoms with Gasteiger partial charge in [-0.25, -0.2) is 9.78 Å². The van der Waals surface area contributed by atoms with Crippen LogP contribution in [0.5, 0.6) is 0 Å². The summed E-state index contributed by atoms with van der Waals surface area (Å²) >= 11 is 0. The molecule has 0 saturated heterocycles. The van der Waals surface area contributed by atoms with Crippen molar-refractivity contribution in [2.75, 3.05) is 13.2 Å². The van der Waals surface area contributed by atoms with Crippen LogP contribution in [0.4, 0.5) is 0 Å². The van der Waals surface area contributed by atoms with Crippen molar-refractivity contribution < 1.29 is 14.6 Å². The van der Waals surface area contributed by atoms with Crippen LogP contribution in [0.3, 0.4) is 0 Å². The molecule has 0 aliphatic carbocycles. The number of pyridine rings is 2. The molecule has 1 N–H and O–H groups in total. The predicted molar refractivity (Wildman–Crippen MR) is 76.9 cm³/mol. The first-order valence-electron chi connectivity index (χ1n) is 6.35. The third-order valence-corrected chi connectivity index (χ3v) is 2.83. The molecule has 0 aromatic carbocycles. The first-order chi connectivity index (χ1) is 10.1. The van der Waals surface area contributed by atoms with Crippen LogP contribution in [0.25, 0.3) is 11.0 Å². The lowest BCUT2D eigenvalue weighted by Crippen LogP contribution is -2.21. The van der Waals surface area contributed by atoms with Crippen LogP contribution >= 0.6 is 0 Å². The Morgan fingerprint density at radius 1 is 1.48 bits per heavy atom. The number of nitrogens with zero attached hydrogens (tertiary/aromatic N) is 2. The largest absolute Gasteiger partial charge is 0.462 e. The SMILES string of the molecule is CCOC(=O)c1cn(C)c2ccc(C#CCO)nc2c1=O. The molecule has 21 heavy (non-hydrogen) atoms. The second-order valence-electron chi connectivity index (χ2n) is 4.23. The summed E-state index contributed by atoms with van der Waals surface area (Å²) in [6.07, 6.45) is 1.43. The van der Waals surface area contributed by atoms with Crippen molar-refractivity contribution in [3.63, 3.8) is 0 Å². The normalized spacial score (nSPS) is 10.0. The van der Waals surface area contributed by atoms with Crippen LogP contribution < -0.4 is 5.43 Å². The van der Waals surface area contributed by atoms with Crippen LogP contribution in [0.1, 0.15) is 23.0 Å². The summed E-state index contributed by atoms with van der Waals surface area (Å²) < 4.78 is 6.50. The van der Waals surface area contributed by atoms with Crippen molar-refractivity contribution >= 4 is 17.0 Å². The fourth-order valence-corrected chi connectivity index (χ4v) is 1.91. The fourth-order valence-electron chi connectivity index (χ4n) is 1.91. The number of aromatic nitrogens is 2. The summed E-state index contributed by atoms with van der Waals surface area (Å²) in [6, 6.07) is 3.34. The molecule has 0 amide bonds. The minimum atomic E-state index is -0.673. The smallest absolute Gasteiger partial charge is 0.343 e. The number of aryl methyl sites for hydroxylation is 1. The summed E-state index contributed by atoms with van der Waals surface area (Å²) in [5.41, 5.74) is 0.533. The number of carbonyl (C=O) groups is 1. The molecule has 0 saturated carbocycles. The zero-order chi connectivity index (χ0) is 15.4. The number of aliphatic hydroxyl groups excluding tert-OH is 1. The van der Waals surface area contributed by atoms with Gasteiger partial charge in [0.2, 0.25) is 5.43 Å². The molecule has 0 spiro atoms. The Morgan fingerprint density at radius 2 is 2.24 bits per heavy atom. The molecular formula is C15H14N2O4. The lowest BCUT2D eigenvalue weighted by Gasteiger charge is -2.08. The maximum absolute atomic E-state index is 12.3. The number of ether oxygens (including phenoxy) is 1. The minimum absolute atomic E-state index is 0.0633. The molecule has 0 radical (unpaired) electrons. The van der Waals surface area contributed by atoms with Gasteiger partial charge in [-0.15, -0.1) is 0 Å². The molecule has 2 heterocycles. The molecule has 6 heteroatoms. The summed E-state index contributed by atoms with van der Waals surface area (Å²) in [6.45, 7) is 1.57. The van der Waals surface area contributed by atoms with Gasteiger partial charge in [0.25, 0.3) is 0 Å². The highest BCUT2D eigenvalue weighted by molar-refractivity contribution is 5.92. The first-order valence-corrected chi connectivity index (χ1v) is 6.35. The average Bonchev–Trinajstić information content (AvgIpc) is 2.48. The van der Waals surface area contributed by atoms with Gasteiger partial charge in [0.15, 0.2) is 0 Å². The number of esters is 1. The van der Waals surface area contributed by atoms with Gasteiger partial charge in [-0.05, 0) is 25.0 Å². The van der Waals surface area contributed by atoms with Crippen LogP contribution in [-0.2, 0) is 11.8 Å². The quantitative estimate of drug-likeness (QED) is 0.640. The van der Waals surface area contributed by atoms with Gasteiger partial charge in [-0.1, -0.05) is 5.92 Å². The Balaban J connectivity index is 2.68. The standard InChI is InChI=1S/C15H14N2O4/c1-3-21-15(20)11-9-17(2)12-7-6-10(5-4-8-18)16-13(12)14(11)19/h6-7,9,18H,3,8H2,1-2H3. The Morgan fingerprint density at radius 3 is 2.90 bits per heavy atom. The average molecular weight is 286 g/mol. The van der Waals surface area contributed by atoms with Gasteiger partial charge in [0, 0.05) is 13.2 Å². The highest BCUT2D eigenvalue weighted by Gasteiger charge is 2.16. The second kappa shape index (κ2) is 6.20. The van der Waals surface area contributed by atoms with Gasteiger partial charge in [-0.3, -0.25) is 4.79 Å². The maximum atomic E-state index is 12.3. The van der Waals surface area contributed by atoms with E-state index in [2.05, 4.69) is 16.8 Å². The molecule has 0 unspecified atom stereocenters. The lowest BCUT2D eigenvalue weighted by molar-refractivity contribution is 0.0524. The molecule has 108 valence electrons. The zero-order valence-corrected chi connectivity index (χ0v) is 11.7. The molecule has 0 fully saturated rings. The number of carbonyl (C=O) groups excluding carboxylic acids is 1. The molecule has 0 atom stereocenters. The third kappa shape index (κ3) is 2.93. The van der Waals surface area contributed by atoms with Crippen LogP contribution in [0, 0.1) is 11.8 Å². The van der Waals surface area contributed by atoms with Crippen molar-refractivity contribution in [3.8, 4) is 11.8 Å². The second-order valence-corrected chi connectivity index (χ2v) is 4.23. The van der Waals surface area contributed by atoms with Crippen molar-refractivity contribution in [3.05, 3.63) is 39.8 Å². The van der Waals surface area contributed by atoms with E-state index in [0.717, 1.165) is 0 Å². The van der Waals surface area contributed by atoms with Gasteiger partial charge < -0.3 is 14.4 Å². The van der Waals surface area contributed by atoms with E-state index in [1.807, 2.05) is 0 Å². The van der Waals surface area contributed by atoms with Crippen molar-refractivity contribution in [2.24, 2.45) is 7.05 Å². The topological polar surface area (TPSA) is 81.4 Å². The Labute approximate surface area is 121 Å². The predicted octanol–water partition coefficient (Wildman–Crippen LogP) is 0.454. The van der Waals surface area contributed by atoms with E-state index in [0.29, 0.717) is 11.2 Å².